The lowest BCUT2D eigenvalue weighted by Crippen LogP contribution is -2.31. The molecule has 0 amide bonds. The standard InChI is InChI=1S/C15H17N5/c1-15(2,16)14-17-7-6-11(19-14)10-4-5-13-12(8-10)18-9-20(13)3/h4-9H,16H2,1-3H3. The van der Waals surface area contributed by atoms with Crippen molar-refractivity contribution in [3.05, 3.63) is 42.6 Å². The van der Waals surface area contributed by atoms with Crippen molar-refractivity contribution in [2.24, 2.45) is 12.8 Å². The molecule has 0 saturated carbocycles. The third-order valence-corrected chi connectivity index (χ3v) is 3.25. The minimum Gasteiger partial charge on any atom is -0.334 e. The van der Waals surface area contributed by atoms with Gasteiger partial charge in [0.2, 0.25) is 0 Å². The molecule has 2 heterocycles. The Hall–Kier alpha value is -2.27. The van der Waals surface area contributed by atoms with Gasteiger partial charge in [0.15, 0.2) is 0 Å². The van der Waals surface area contributed by atoms with Crippen LogP contribution in [0.2, 0.25) is 0 Å². The third kappa shape index (κ3) is 2.16. The van der Waals surface area contributed by atoms with Crippen molar-refractivity contribution in [1.29, 1.82) is 0 Å². The van der Waals surface area contributed by atoms with Crippen molar-refractivity contribution < 1.29 is 0 Å². The molecule has 3 aromatic rings. The van der Waals surface area contributed by atoms with Gasteiger partial charge in [0.1, 0.15) is 5.82 Å². The first kappa shape index (κ1) is 12.7. The minimum absolute atomic E-state index is 0.550. The van der Waals surface area contributed by atoms with E-state index in [2.05, 4.69) is 15.0 Å². The summed E-state index contributed by atoms with van der Waals surface area (Å²) in [5, 5.41) is 0. The Kier molecular flexibility index (Phi) is 2.79. The van der Waals surface area contributed by atoms with E-state index in [4.69, 9.17) is 5.73 Å². The first-order valence-electron chi connectivity index (χ1n) is 6.49. The fraction of sp³-hybridized carbons (Fsp3) is 0.267. The third-order valence-electron chi connectivity index (χ3n) is 3.25. The molecule has 5 heteroatoms. The largest absolute Gasteiger partial charge is 0.334 e. The molecule has 0 radical (unpaired) electrons. The second-order valence-electron chi connectivity index (χ2n) is 5.55. The van der Waals surface area contributed by atoms with Gasteiger partial charge in [-0.3, -0.25) is 0 Å². The van der Waals surface area contributed by atoms with E-state index in [9.17, 15) is 0 Å². The summed E-state index contributed by atoms with van der Waals surface area (Å²) in [5.41, 5.74) is 9.44. The highest BCUT2D eigenvalue weighted by Gasteiger charge is 2.18. The molecule has 2 N–H and O–H groups in total. The number of aromatic nitrogens is 4. The zero-order valence-corrected chi connectivity index (χ0v) is 11.8. The van der Waals surface area contributed by atoms with Gasteiger partial charge in [-0.05, 0) is 32.0 Å². The van der Waals surface area contributed by atoms with Gasteiger partial charge in [-0.2, -0.15) is 0 Å². The molecule has 0 bridgehead atoms. The number of hydrogen-bond acceptors (Lipinski definition) is 4. The number of hydrogen-bond donors (Lipinski definition) is 1. The van der Waals surface area contributed by atoms with Gasteiger partial charge in [0, 0.05) is 18.8 Å². The van der Waals surface area contributed by atoms with Crippen LogP contribution in [0.4, 0.5) is 0 Å². The number of rotatable bonds is 2. The van der Waals surface area contributed by atoms with Crippen LogP contribution in [-0.2, 0) is 12.6 Å². The molecule has 3 rings (SSSR count). The van der Waals surface area contributed by atoms with Gasteiger partial charge in [0.25, 0.3) is 0 Å². The van der Waals surface area contributed by atoms with Gasteiger partial charge in [-0.1, -0.05) is 6.07 Å². The van der Waals surface area contributed by atoms with Crippen LogP contribution >= 0.6 is 0 Å². The summed E-state index contributed by atoms with van der Waals surface area (Å²) in [6.07, 6.45) is 3.55. The highest BCUT2D eigenvalue weighted by atomic mass is 15.0. The van der Waals surface area contributed by atoms with Crippen LogP contribution < -0.4 is 5.73 Å². The van der Waals surface area contributed by atoms with Crippen molar-refractivity contribution >= 4 is 11.0 Å². The van der Waals surface area contributed by atoms with E-state index in [-0.39, 0.29) is 0 Å². The van der Waals surface area contributed by atoms with Crippen molar-refractivity contribution in [3.63, 3.8) is 0 Å². The normalized spacial score (nSPS) is 12.0. The first-order valence-corrected chi connectivity index (χ1v) is 6.49. The Bertz CT molecular complexity index is 767. The Morgan fingerprint density at radius 2 is 1.95 bits per heavy atom. The summed E-state index contributed by atoms with van der Waals surface area (Å²) in [7, 11) is 1.98. The molecular formula is C15H17N5. The molecule has 0 saturated heterocycles. The zero-order chi connectivity index (χ0) is 14.3. The first-order chi connectivity index (χ1) is 9.45. The van der Waals surface area contributed by atoms with Crippen molar-refractivity contribution in [2.75, 3.05) is 0 Å². The average Bonchev–Trinajstić information content (AvgIpc) is 2.79. The molecule has 0 fully saturated rings. The van der Waals surface area contributed by atoms with Gasteiger partial charge < -0.3 is 10.3 Å². The van der Waals surface area contributed by atoms with E-state index in [0.29, 0.717) is 5.82 Å². The predicted molar refractivity (Wildman–Crippen MR) is 79.0 cm³/mol. The van der Waals surface area contributed by atoms with E-state index >= 15 is 0 Å². The Morgan fingerprint density at radius 3 is 2.70 bits per heavy atom. The van der Waals surface area contributed by atoms with Crippen LogP contribution in [0.25, 0.3) is 22.3 Å². The Labute approximate surface area is 117 Å². The lowest BCUT2D eigenvalue weighted by atomic mass is 10.1. The summed E-state index contributed by atoms with van der Waals surface area (Å²) >= 11 is 0. The lowest BCUT2D eigenvalue weighted by Gasteiger charge is -2.16. The van der Waals surface area contributed by atoms with E-state index in [1.165, 1.54) is 0 Å². The monoisotopic (exact) mass is 267 g/mol. The molecule has 0 atom stereocenters. The van der Waals surface area contributed by atoms with Gasteiger partial charge in [0.05, 0.1) is 28.6 Å². The van der Waals surface area contributed by atoms with Gasteiger partial charge in [-0.15, -0.1) is 0 Å². The van der Waals surface area contributed by atoms with Crippen molar-refractivity contribution in [3.8, 4) is 11.3 Å². The quantitative estimate of drug-likeness (QED) is 0.773. The molecule has 1 aromatic carbocycles. The molecule has 0 aliphatic rings. The molecule has 0 aliphatic carbocycles. The molecule has 0 spiro atoms. The summed E-state index contributed by atoms with van der Waals surface area (Å²) in [4.78, 5) is 13.2. The summed E-state index contributed by atoms with van der Waals surface area (Å²) in [5.74, 6) is 0.635. The highest BCUT2D eigenvalue weighted by molar-refractivity contribution is 5.81. The zero-order valence-electron chi connectivity index (χ0n) is 11.8. The van der Waals surface area contributed by atoms with Crippen LogP contribution in [0, 0.1) is 0 Å². The number of nitrogens with two attached hydrogens (primary N) is 1. The van der Waals surface area contributed by atoms with Crippen molar-refractivity contribution in [2.45, 2.75) is 19.4 Å². The van der Waals surface area contributed by atoms with E-state index in [0.717, 1.165) is 22.3 Å². The second kappa shape index (κ2) is 4.38. The average molecular weight is 267 g/mol. The molecule has 20 heavy (non-hydrogen) atoms. The minimum atomic E-state index is -0.550. The summed E-state index contributed by atoms with van der Waals surface area (Å²) < 4.78 is 1.99. The van der Waals surface area contributed by atoms with E-state index < -0.39 is 5.54 Å². The SMILES string of the molecule is Cn1cnc2cc(-c3ccnc(C(C)(C)N)n3)ccc21. The second-order valence-corrected chi connectivity index (χ2v) is 5.55. The molecule has 102 valence electrons. The molecule has 0 unspecified atom stereocenters. The van der Waals surface area contributed by atoms with E-state index in [1.54, 1.807) is 6.20 Å². The maximum Gasteiger partial charge on any atom is 0.148 e. The maximum absolute atomic E-state index is 6.06. The van der Waals surface area contributed by atoms with Gasteiger partial charge in [-0.25, -0.2) is 15.0 Å². The number of benzene rings is 1. The summed E-state index contributed by atoms with van der Waals surface area (Å²) in [6.45, 7) is 3.79. The van der Waals surface area contributed by atoms with Crippen LogP contribution in [0.1, 0.15) is 19.7 Å². The van der Waals surface area contributed by atoms with E-state index in [1.807, 2.05) is 56.1 Å². The number of fused-ring (bicyclic) bond motifs is 1. The predicted octanol–water partition coefficient (Wildman–Crippen LogP) is 2.22. The summed E-state index contributed by atoms with van der Waals surface area (Å²) in [6, 6.07) is 8.01. The van der Waals surface area contributed by atoms with Crippen molar-refractivity contribution in [1.82, 2.24) is 19.5 Å². The fourth-order valence-corrected chi connectivity index (χ4v) is 2.13. The molecule has 0 aliphatic heterocycles. The van der Waals surface area contributed by atoms with Crippen LogP contribution in [-0.4, -0.2) is 19.5 Å². The Balaban J connectivity index is 2.11. The molecule has 2 aromatic heterocycles. The molecule has 5 nitrogen and oxygen atoms in total. The smallest absolute Gasteiger partial charge is 0.148 e. The van der Waals surface area contributed by atoms with Crippen LogP contribution in [0.3, 0.4) is 0 Å². The Morgan fingerprint density at radius 1 is 1.15 bits per heavy atom. The number of imidazole rings is 1. The number of aryl methyl sites for hydroxylation is 1. The fourth-order valence-electron chi connectivity index (χ4n) is 2.13. The lowest BCUT2D eigenvalue weighted by molar-refractivity contribution is 0.514. The van der Waals surface area contributed by atoms with Crippen LogP contribution in [0.15, 0.2) is 36.8 Å². The van der Waals surface area contributed by atoms with Crippen LogP contribution in [0.5, 0.6) is 0 Å². The highest BCUT2D eigenvalue weighted by Crippen LogP contribution is 2.23. The molecular weight excluding hydrogens is 250 g/mol. The number of nitrogens with zero attached hydrogens (tertiary/aromatic N) is 4. The topological polar surface area (TPSA) is 69.6 Å². The van der Waals surface area contributed by atoms with Gasteiger partial charge >= 0.3 is 0 Å². The maximum atomic E-state index is 6.06.